The summed E-state index contributed by atoms with van der Waals surface area (Å²) in [6.07, 6.45) is 4.61. The Bertz CT molecular complexity index is 2420. The molecule has 0 bridgehead atoms. The number of benzene rings is 7. The van der Waals surface area contributed by atoms with Crippen molar-refractivity contribution in [1.29, 1.82) is 0 Å². The van der Waals surface area contributed by atoms with Crippen LogP contribution in [0.2, 0.25) is 0 Å². The monoisotopic (exact) mass is 631 g/mol. The molecule has 0 unspecified atom stereocenters. The maximum absolute atomic E-state index is 2.46. The van der Waals surface area contributed by atoms with Gasteiger partial charge < -0.3 is 4.90 Å². The zero-order valence-electron chi connectivity index (χ0n) is 26.5. The van der Waals surface area contributed by atoms with Crippen LogP contribution in [-0.4, -0.2) is 0 Å². The molecule has 1 nitrogen and oxygen atoms in total. The van der Waals surface area contributed by atoms with Crippen molar-refractivity contribution in [1.82, 2.24) is 0 Å². The molecule has 9 rings (SSSR count). The van der Waals surface area contributed by atoms with Crippen molar-refractivity contribution in [3.8, 4) is 22.3 Å². The van der Waals surface area contributed by atoms with E-state index in [0.717, 1.165) is 29.9 Å². The first-order chi connectivity index (χ1) is 23.8. The average Bonchev–Trinajstić information content (AvgIpc) is 3.55. The van der Waals surface area contributed by atoms with Crippen LogP contribution in [0.1, 0.15) is 22.4 Å². The van der Waals surface area contributed by atoms with Gasteiger partial charge in [-0.1, -0.05) is 121 Å². The second-order valence-corrected chi connectivity index (χ2v) is 13.6. The van der Waals surface area contributed by atoms with E-state index in [-0.39, 0.29) is 0 Å². The summed E-state index contributed by atoms with van der Waals surface area (Å²) < 4.78 is 1.39. The lowest BCUT2D eigenvalue weighted by molar-refractivity contribution is 1.03. The van der Waals surface area contributed by atoms with Gasteiger partial charge in [-0.15, -0.1) is 11.3 Å². The van der Waals surface area contributed by atoms with Crippen LogP contribution >= 0.6 is 11.3 Å². The van der Waals surface area contributed by atoms with Gasteiger partial charge in [-0.05, 0) is 117 Å². The molecule has 1 aliphatic carbocycles. The second kappa shape index (κ2) is 12.2. The van der Waals surface area contributed by atoms with Gasteiger partial charge >= 0.3 is 0 Å². The molecule has 48 heavy (non-hydrogen) atoms. The quantitative estimate of drug-likeness (QED) is 0.176. The van der Waals surface area contributed by atoms with Crippen LogP contribution in [0, 0.1) is 0 Å². The molecule has 0 aliphatic heterocycles. The van der Waals surface area contributed by atoms with Crippen molar-refractivity contribution in [3.05, 3.63) is 186 Å². The standard InChI is InChI=1S/C46H33NS/c1-3-10-32(11-4-1)36-13-9-14-37(30-36)33-18-24-40(25-19-33)47(39-15-5-2-6-16-39)41-26-20-34(21-27-41)38-23-28-44-43(31-38)46-42-17-8-7-12-35(42)22-29-45(46)48-44/h1-22,24-27,29-31H,23,28H2. The maximum Gasteiger partial charge on any atom is 0.0462 e. The van der Waals surface area contributed by atoms with Crippen LogP contribution in [0.3, 0.4) is 0 Å². The highest BCUT2D eigenvalue weighted by Gasteiger charge is 2.20. The molecular formula is C46H33NS. The summed E-state index contributed by atoms with van der Waals surface area (Å²) in [6, 6.07) is 61.5. The van der Waals surface area contributed by atoms with Crippen molar-refractivity contribution in [2.45, 2.75) is 12.8 Å². The van der Waals surface area contributed by atoms with Gasteiger partial charge in [0.2, 0.25) is 0 Å². The Morgan fingerprint density at radius 2 is 1.02 bits per heavy atom. The fraction of sp³-hybridized carbons (Fsp3) is 0.0435. The zero-order chi connectivity index (χ0) is 31.9. The predicted octanol–water partition coefficient (Wildman–Crippen LogP) is 13.3. The van der Waals surface area contributed by atoms with Gasteiger partial charge in [0.1, 0.15) is 0 Å². The van der Waals surface area contributed by atoms with Gasteiger partial charge in [-0.3, -0.25) is 0 Å². The summed E-state index contributed by atoms with van der Waals surface area (Å²) in [4.78, 5) is 3.85. The van der Waals surface area contributed by atoms with Crippen molar-refractivity contribution < 1.29 is 0 Å². The van der Waals surface area contributed by atoms with Gasteiger partial charge in [0.25, 0.3) is 0 Å². The molecule has 1 aliphatic rings. The number of hydrogen-bond acceptors (Lipinski definition) is 2. The Labute approximate surface area is 285 Å². The normalized spacial score (nSPS) is 12.5. The number of anilines is 3. The molecule has 0 N–H and O–H groups in total. The van der Waals surface area contributed by atoms with Gasteiger partial charge in [0.05, 0.1) is 0 Å². The Morgan fingerprint density at radius 1 is 0.438 bits per heavy atom. The van der Waals surface area contributed by atoms with E-state index in [1.807, 2.05) is 11.3 Å². The summed E-state index contributed by atoms with van der Waals surface area (Å²) in [5.41, 5.74) is 12.4. The van der Waals surface area contributed by atoms with Gasteiger partial charge in [0, 0.05) is 32.0 Å². The molecule has 2 heteroatoms. The Kier molecular flexibility index (Phi) is 7.22. The van der Waals surface area contributed by atoms with E-state index in [1.165, 1.54) is 64.7 Å². The van der Waals surface area contributed by atoms with Crippen molar-refractivity contribution in [2.24, 2.45) is 0 Å². The summed E-state index contributed by atoms with van der Waals surface area (Å²) in [7, 11) is 0. The van der Waals surface area contributed by atoms with Crippen LogP contribution < -0.4 is 4.90 Å². The SMILES string of the molecule is C1=C(c2ccc(N(c3ccccc3)c3ccc(-c4cccc(-c5ccccc5)c4)cc3)cc2)CCc2sc3ccc4ccccc4c3c21. The number of thiophene rings is 1. The number of allylic oxidation sites excluding steroid dienone is 1. The highest BCUT2D eigenvalue weighted by atomic mass is 32.1. The predicted molar refractivity (Wildman–Crippen MR) is 208 cm³/mol. The molecule has 7 aromatic carbocycles. The molecule has 1 heterocycles. The van der Waals surface area contributed by atoms with Crippen LogP contribution in [0.4, 0.5) is 17.1 Å². The van der Waals surface area contributed by atoms with Gasteiger partial charge in [-0.25, -0.2) is 0 Å². The van der Waals surface area contributed by atoms with E-state index < -0.39 is 0 Å². The lowest BCUT2D eigenvalue weighted by Crippen LogP contribution is -2.09. The summed E-state index contributed by atoms with van der Waals surface area (Å²) in [5.74, 6) is 0. The largest absolute Gasteiger partial charge is 0.311 e. The first kappa shape index (κ1) is 28.5. The number of rotatable bonds is 6. The van der Waals surface area contributed by atoms with Crippen LogP contribution in [0.15, 0.2) is 170 Å². The van der Waals surface area contributed by atoms with E-state index in [0.29, 0.717) is 0 Å². The number of aryl methyl sites for hydroxylation is 1. The van der Waals surface area contributed by atoms with Crippen LogP contribution in [0.25, 0.3) is 54.8 Å². The van der Waals surface area contributed by atoms with E-state index >= 15 is 0 Å². The Hall–Kier alpha value is -5.70. The smallest absolute Gasteiger partial charge is 0.0462 e. The van der Waals surface area contributed by atoms with Crippen LogP contribution in [0.5, 0.6) is 0 Å². The van der Waals surface area contributed by atoms with E-state index in [4.69, 9.17) is 0 Å². The number of hydrogen-bond donors (Lipinski definition) is 0. The highest BCUT2D eigenvalue weighted by Crippen LogP contribution is 2.43. The fourth-order valence-corrected chi connectivity index (χ4v) is 8.36. The van der Waals surface area contributed by atoms with Crippen molar-refractivity contribution in [2.75, 3.05) is 4.90 Å². The molecule has 0 radical (unpaired) electrons. The van der Waals surface area contributed by atoms with E-state index in [9.17, 15) is 0 Å². The zero-order valence-corrected chi connectivity index (χ0v) is 27.3. The molecule has 0 saturated heterocycles. The van der Waals surface area contributed by atoms with Crippen molar-refractivity contribution in [3.63, 3.8) is 0 Å². The third-order valence-corrected chi connectivity index (χ3v) is 10.8. The third kappa shape index (κ3) is 5.21. The lowest BCUT2D eigenvalue weighted by atomic mass is 9.90. The first-order valence-electron chi connectivity index (χ1n) is 16.6. The van der Waals surface area contributed by atoms with Gasteiger partial charge in [0.15, 0.2) is 0 Å². The fourth-order valence-electron chi connectivity index (χ4n) is 7.16. The molecule has 0 saturated carbocycles. The minimum atomic E-state index is 1.06. The molecule has 228 valence electrons. The number of fused-ring (bicyclic) bond motifs is 5. The Morgan fingerprint density at radius 3 is 1.75 bits per heavy atom. The summed E-state index contributed by atoms with van der Waals surface area (Å²) in [5, 5.41) is 4.08. The van der Waals surface area contributed by atoms with Gasteiger partial charge in [-0.2, -0.15) is 0 Å². The summed E-state index contributed by atoms with van der Waals surface area (Å²) in [6.45, 7) is 0. The minimum Gasteiger partial charge on any atom is -0.311 e. The molecule has 0 spiro atoms. The molecule has 0 fully saturated rings. The molecular weight excluding hydrogens is 599 g/mol. The lowest BCUT2D eigenvalue weighted by Gasteiger charge is -2.26. The number of nitrogens with zero attached hydrogens (tertiary/aromatic N) is 1. The van der Waals surface area contributed by atoms with Crippen molar-refractivity contribution >= 4 is 60.9 Å². The molecule has 0 amide bonds. The third-order valence-electron chi connectivity index (χ3n) is 9.57. The average molecular weight is 632 g/mol. The number of para-hydroxylation sites is 1. The highest BCUT2D eigenvalue weighted by molar-refractivity contribution is 7.19. The molecule has 1 aromatic heterocycles. The topological polar surface area (TPSA) is 3.24 Å². The van der Waals surface area contributed by atoms with E-state index in [1.54, 1.807) is 0 Å². The molecule has 0 atom stereocenters. The van der Waals surface area contributed by atoms with E-state index in [2.05, 4.69) is 181 Å². The second-order valence-electron chi connectivity index (χ2n) is 12.5. The maximum atomic E-state index is 2.46. The minimum absolute atomic E-state index is 1.06. The summed E-state index contributed by atoms with van der Waals surface area (Å²) >= 11 is 1.96. The first-order valence-corrected chi connectivity index (χ1v) is 17.5. The molecule has 8 aromatic rings. The van der Waals surface area contributed by atoms with Crippen LogP contribution in [-0.2, 0) is 6.42 Å². The Balaban J connectivity index is 1.05.